The van der Waals surface area contributed by atoms with E-state index < -0.39 is 0 Å². The third kappa shape index (κ3) is 3.33. The van der Waals surface area contributed by atoms with Gasteiger partial charge < -0.3 is 0 Å². The van der Waals surface area contributed by atoms with Gasteiger partial charge in [0.25, 0.3) is 0 Å². The van der Waals surface area contributed by atoms with Gasteiger partial charge in [0.1, 0.15) is 0 Å². The van der Waals surface area contributed by atoms with Crippen molar-refractivity contribution in [3.05, 3.63) is 29.1 Å². The maximum Gasteiger partial charge on any atom is 0.161 e. The van der Waals surface area contributed by atoms with Crippen LogP contribution >= 0.6 is 0 Å². The average Bonchev–Trinajstić information content (AvgIpc) is 2.54. The lowest BCUT2D eigenvalue weighted by molar-refractivity contribution is -0.114. The molecule has 1 heterocycles. The monoisotopic (exact) mass is 220 g/mol. The van der Waals surface area contributed by atoms with Crippen LogP contribution in [-0.2, 0) is 18.3 Å². The Morgan fingerprint density at radius 2 is 2.06 bits per heavy atom. The summed E-state index contributed by atoms with van der Waals surface area (Å²) in [5.41, 5.74) is 3.15. The molecular formula is C13H20N2O. The summed E-state index contributed by atoms with van der Waals surface area (Å²) in [5.74, 6) is 0.168. The summed E-state index contributed by atoms with van der Waals surface area (Å²) in [7, 11) is 1.87. The molecule has 0 amide bonds. The zero-order valence-electron chi connectivity index (χ0n) is 10.6. The smallest absolute Gasteiger partial charge is 0.161 e. The van der Waals surface area contributed by atoms with Gasteiger partial charge in [-0.05, 0) is 31.9 Å². The minimum absolute atomic E-state index is 0.168. The van der Waals surface area contributed by atoms with Gasteiger partial charge >= 0.3 is 0 Å². The number of nitrogens with zero attached hydrogens (tertiary/aromatic N) is 2. The van der Waals surface area contributed by atoms with Crippen LogP contribution in [0.4, 0.5) is 0 Å². The first-order valence-corrected chi connectivity index (χ1v) is 5.78. The molecule has 0 aromatic carbocycles. The van der Waals surface area contributed by atoms with E-state index >= 15 is 0 Å². The number of aromatic nitrogens is 2. The highest BCUT2D eigenvalue weighted by molar-refractivity contribution is 5.91. The van der Waals surface area contributed by atoms with E-state index in [1.165, 1.54) is 5.57 Å². The summed E-state index contributed by atoms with van der Waals surface area (Å²) in [5, 5.41) is 4.23. The van der Waals surface area contributed by atoms with E-state index in [9.17, 15) is 4.79 Å². The van der Waals surface area contributed by atoms with Gasteiger partial charge in [-0.1, -0.05) is 19.4 Å². The van der Waals surface area contributed by atoms with Gasteiger partial charge in [0.2, 0.25) is 0 Å². The maximum absolute atomic E-state index is 11.8. The van der Waals surface area contributed by atoms with E-state index in [1.54, 1.807) is 10.8 Å². The number of aryl methyl sites for hydroxylation is 2. The molecule has 0 spiro atoms. The van der Waals surface area contributed by atoms with Gasteiger partial charge in [-0.3, -0.25) is 9.48 Å². The van der Waals surface area contributed by atoms with Crippen LogP contribution in [0.25, 0.3) is 0 Å². The van der Waals surface area contributed by atoms with Crippen molar-refractivity contribution in [3.8, 4) is 0 Å². The van der Waals surface area contributed by atoms with Crippen LogP contribution in [0.5, 0.6) is 0 Å². The third-order valence-corrected chi connectivity index (χ3v) is 2.73. The Bertz CT molecular complexity index is 396. The lowest BCUT2D eigenvalue weighted by Gasteiger charge is -2.01. The van der Waals surface area contributed by atoms with Crippen LogP contribution < -0.4 is 0 Å². The standard InChI is InChI=1S/C13H20N2O/c1-5-11(6-2)8-13(16)9-12-7-10(3)14-15(12)4/h7-8H,5-6,9H2,1-4H3. The van der Waals surface area contributed by atoms with E-state index in [1.807, 2.05) is 20.0 Å². The molecule has 3 heteroatoms. The van der Waals surface area contributed by atoms with Crippen molar-refractivity contribution < 1.29 is 4.79 Å². The number of ketones is 1. The van der Waals surface area contributed by atoms with Crippen molar-refractivity contribution >= 4 is 5.78 Å². The highest BCUT2D eigenvalue weighted by Gasteiger charge is 2.06. The quantitative estimate of drug-likeness (QED) is 0.715. The molecular weight excluding hydrogens is 200 g/mol. The Kier molecular flexibility index (Phi) is 4.47. The molecule has 0 fully saturated rings. The number of allylic oxidation sites excluding steroid dienone is 2. The van der Waals surface area contributed by atoms with Crippen LogP contribution in [0.3, 0.4) is 0 Å². The summed E-state index contributed by atoms with van der Waals surface area (Å²) in [6, 6.07) is 1.96. The molecule has 0 aliphatic heterocycles. The zero-order valence-corrected chi connectivity index (χ0v) is 10.6. The molecule has 0 aliphatic carbocycles. The van der Waals surface area contributed by atoms with Crippen molar-refractivity contribution in [2.45, 2.75) is 40.0 Å². The van der Waals surface area contributed by atoms with E-state index in [0.717, 1.165) is 24.2 Å². The molecule has 0 saturated carbocycles. The Morgan fingerprint density at radius 1 is 1.44 bits per heavy atom. The zero-order chi connectivity index (χ0) is 12.1. The van der Waals surface area contributed by atoms with Gasteiger partial charge in [0, 0.05) is 12.7 Å². The fraction of sp³-hybridized carbons (Fsp3) is 0.538. The van der Waals surface area contributed by atoms with Crippen molar-refractivity contribution in [1.82, 2.24) is 9.78 Å². The van der Waals surface area contributed by atoms with Crippen LogP contribution in [0.2, 0.25) is 0 Å². The first-order valence-electron chi connectivity index (χ1n) is 5.78. The highest BCUT2D eigenvalue weighted by Crippen LogP contribution is 2.08. The van der Waals surface area contributed by atoms with E-state index in [2.05, 4.69) is 18.9 Å². The van der Waals surface area contributed by atoms with E-state index in [-0.39, 0.29) is 5.78 Å². The maximum atomic E-state index is 11.8. The second-order valence-corrected chi connectivity index (χ2v) is 4.05. The van der Waals surface area contributed by atoms with Crippen molar-refractivity contribution in [1.29, 1.82) is 0 Å². The fourth-order valence-electron chi connectivity index (χ4n) is 1.74. The Morgan fingerprint density at radius 3 is 2.50 bits per heavy atom. The molecule has 0 radical (unpaired) electrons. The second-order valence-electron chi connectivity index (χ2n) is 4.05. The molecule has 1 aromatic heterocycles. The summed E-state index contributed by atoms with van der Waals surface area (Å²) in [6.07, 6.45) is 4.13. The average molecular weight is 220 g/mol. The topological polar surface area (TPSA) is 34.9 Å². The summed E-state index contributed by atoms with van der Waals surface area (Å²) in [4.78, 5) is 11.8. The number of carbonyl (C=O) groups is 1. The molecule has 0 saturated heterocycles. The lowest BCUT2D eigenvalue weighted by atomic mass is 10.1. The van der Waals surface area contributed by atoms with Crippen LogP contribution in [-0.4, -0.2) is 15.6 Å². The highest BCUT2D eigenvalue weighted by atomic mass is 16.1. The molecule has 0 bridgehead atoms. The Balaban J connectivity index is 2.71. The fourth-order valence-corrected chi connectivity index (χ4v) is 1.74. The Hall–Kier alpha value is -1.38. The predicted octanol–water partition coefficient (Wildman–Crippen LogP) is 2.59. The lowest BCUT2D eigenvalue weighted by Crippen LogP contribution is -2.05. The second kappa shape index (κ2) is 5.64. The molecule has 0 aliphatic rings. The number of carbonyl (C=O) groups excluding carboxylic acids is 1. The third-order valence-electron chi connectivity index (χ3n) is 2.73. The Labute approximate surface area is 97.2 Å². The molecule has 88 valence electrons. The van der Waals surface area contributed by atoms with Gasteiger partial charge in [0.15, 0.2) is 5.78 Å². The molecule has 1 rings (SSSR count). The van der Waals surface area contributed by atoms with Crippen molar-refractivity contribution in [2.24, 2.45) is 7.05 Å². The molecule has 3 nitrogen and oxygen atoms in total. The van der Waals surface area contributed by atoms with Gasteiger partial charge in [0.05, 0.1) is 12.1 Å². The van der Waals surface area contributed by atoms with Crippen LogP contribution in [0.1, 0.15) is 38.1 Å². The minimum Gasteiger partial charge on any atom is -0.294 e. The van der Waals surface area contributed by atoms with Crippen LogP contribution in [0.15, 0.2) is 17.7 Å². The molecule has 0 N–H and O–H groups in total. The SMILES string of the molecule is CCC(=CC(=O)Cc1cc(C)nn1C)CC. The first kappa shape index (κ1) is 12.7. The van der Waals surface area contributed by atoms with Crippen molar-refractivity contribution in [2.75, 3.05) is 0 Å². The summed E-state index contributed by atoms with van der Waals surface area (Å²) >= 11 is 0. The van der Waals surface area contributed by atoms with Crippen LogP contribution in [0, 0.1) is 6.92 Å². The number of hydrogen-bond donors (Lipinski definition) is 0. The van der Waals surface area contributed by atoms with Crippen molar-refractivity contribution in [3.63, 3.8) is 0 Å². The van der Waals surface area contributed by atoms with E-state index in [4.69, 9.17) is 0 Å². The normalized spacial score (nSPS) is 10.2. The van der Waals surface area contributed by atoms with Gasteiger partial charge in [-0.2, -0.15) is 5.10 Å². The molecule has 0 unspecified atom stereocenters. The largest absolute Gasteiger partial charge is 0.294 e. The van der Waals surface area contributed by atoms with Gasteiger partial charge in [-0.15, -0.1) is 0 Å². The molecule has 1 aromatic rings. The minimum atomic E-state index is 0.168. The first-order chi connectivity index (χ1) is 7.56. The summed E-state index contributed by atoms with van der Waals surface area (Å²) in [6.45, 7) is 6.10. The number of rotatable bonds is 5. The predicted molar refractivity (Wildman–Crippen MR) is 65.3 cm³/mol. The van der Waals surface area contributed by atoms with Gasteiger partial charge in [-0.25, -0.2) is 0 Å². The van der Waals surface area contributed by atoms with E-state index in [0.29, 0.717) is 6.42 Å². The number of hydrogen-bond acceptors (Lipinski definition) is 2. The molecule has 0 atom stereocenters. The summed E-state index contributed by atoms with van der Waals surface area (Å²) < 4.78 is 1.78. The molecule has 16 heavy (non-hydrogen) atoms.